The van der Waals surface area contributed by atoms with Crippen LogP contribution < -0.4 is 5.32 Å². The minimum atomic E-state index is -0.611. The summed E-state index contributed by atoms with van der Waals surface area (Å²) in [5.74, 6) is 0.369. The first-order chi connectivity index (χ1) is 9.73. The Morgan fingerprint density at radius 3 is 2.76 bits per heavy atom. The number of amides is 1. The van der Waals surface area contributed by atoms with Gasteiger partial charge >= 0.3 is 6.09 Å². The maximum atomic E-state index is 11.9. The third-order valence-corrected chi connectivity index (χ3v) is 3.44. The number of anilines is 1. The van der Waals surface area contributed by atoms with Crippen LogP contribution in [-0.2, 0) is 4.74 Å². The van der Waals surface area contributed by atoms with E-state index in [-0.39, 0.29) is 0 Å². The van der Waals surface area contributed by atoms with Crippen LogP contribution in [0, 0.1) is 18.3 Å². The van der Waals surface area contributed by atoms with Crippen molar-refractivity contribution in [1.82, 2.24) is 14.6 Å². The molecular weight excluding hydrogens is 338 g/mol. The van der Waals surface area contributed by atoms with Crippen molar-refractivity contribution in [3.63, 3.8) is 0 Å². The molecule has 0 radical (unpaired) electrons. The van der Waals surface area contributed by atoms with Gasteiger partial charge in [0.2, 0.25) is 0 Å². The van der Waals surface area contributed by atoms with Gasteiger partial charge in [0.1, 0.15) is 17.2 Å². The zero-order chi connectivity index (χ0) is 15.8. The van der Waals surface area contributed by atoms with Crippen LogP contribution in [0.5, 0.6) is 0 Å². The molecule has 0 aromatic carbocycles. The molecule has 2 aromatic rings. The predicted octanol–water partition coefficient (Wildman–Crippen LogP) is 3.02. The Morgan fingerprint density at radius 2 is 2.19 bits per heavy atom. The smallest absolute Gasteiger partial charge is 0.413 e. The fraction of sp³-hybridized carbons (Fsp3) is 0.385. The van der Waals surface area contributed by atoms with Crippen molar-refractivity contribution in [3.05, 3.63) is 21.9 Å². The van der Waals surface area contributed by atoms with Crippen molar-refractivity contribution in [3.8, 4) is 6.07 Å². The number of fused-ring (bicyclic) bond motifs is 1. The van der Waals surface area contributed by atoms with Crippen molar-refractivity contribution in [2.45, 2.75) is 33.3 Å². The van der Waals surface area contributed by atoms with Gasteiger partial charge in [-0.3, -0.25) is 5.32 Å². The molecule has 0 aliphatic rings. The van der Waals surface area contributed by atoms with Crippen LogP contribution in [0.4, 0.5) is 10.6 Å². The van der Waals surface area contributed by atoms with Crippen molar-refractivity contribution in [2.24, 2.45) is 0 Å². The Kier molecular flexibility index (Phi) is 3.87. The minimum Gasteiger partial charge on any atom is -0.444 e. The van der Waals surface area contributed by atoms with E-state index >= 15 is 0 Å². The van der Waals surface area contributed by atoms with Gasteiger partial charge < -0.3 is 4.74 Å². The number of hydrogen-bond acceptors (Lipinski definition) is 5. The molecule has 0 atom stereocenters. The zero-order valence-corrected chi connectivity index (χ0v) is 13.6. The summed E-state index contributed by atoms with van der Waals surface area (Å²) in [5, 5.41) is 15.7. The summed E-state index contributed by atoms with van der Waals surface area (Å²) in [6.45, 7) is 7.09. The summed E-state index contributed by atoms with van der Waals surface area (Å²) in [4.78, 5) is 16.2. The molecule has 1 amide bonds. The number of aryl methyl sites for hydroxylation is 1. The average molecular weight is 352 g/mol. The molecule has 2 heterocycles. The third-order valence-electron chi connectivity index (χ3n) is 2.49. The second kappa shape index (κ2) is 5.33. The lowest BCUT2D eigenvalue weighted by Gasteiger charge is -2.20. The van der Waals surface area contributed by atoms with E-state index in [0.29, 0.717) is 27.2 Å². The van der Waals surface area contributed by atoms with Crippen LogP contribution in [0.15, 0.2) is 10.7 Å². The summed E-state index contributed by atoms with van der Waals surface area (Å²) in [6.07, 6.45) is 0.790. The highest BCUT2D eigenvalue weighted by Gasteiger charge is 2.20. The van der Waals surface area contributed by atoms with Crippen molar-refractivity contribution in [1.29, 1.82) is 5.26 Å². The molecule has 0 fully saturated rings. The highest BCUT2D eigenvalue weighted by molar-refractivity contribution is 9.10. The van der Waals surface area contributed by atoms with Crippen LogP contribution in [0.1, 0.15) is 32.0 Å². The molecule has 0 aliphatic heterocycles. The maximum Gasteiger partial charge on any atom is 0.413 e. The van der Waals surface area contributed by atoms with Gasteiger partial charge in [-0.15, -0.1) is 0 Å². The Bertz CT molecular complexity index is 754. The number of nitrogens with zero attached hydrogens (tertiary/aromatic N) is 4. The normalized spacial score (nSPS) is 11.2. The van der Waals surface area contributed by atoms with Crippen molar-refractivity contribution >= 4 is 33.5 Å². The Labute approximate surface area is 130 Å². The second-order valence-corrected chi connectivity index (χ2v) is 6.19. The molecule has 2 aromatic heterocycles. The molecule has 0 bridgehead atoms. The molecule has 2 rings (SSSR count). The number of carbonyl (C=O) groups is 1. The summed E-state index contributed by atoms with van der Waals surface area (Å²) < 4.78 is 7.19. The van der Waals surface area contributed by atoms with Gasteiger partial charge in [0.05, 0.1) is 16.4 Å². The number of carbonyl (C=O) groups excluding carboxylic acids is 1. The largest absolute Gasteiger partial charge is 0.444 e. The third kappa shape index (κ3) is 3.13. The van der Waals surface area contributed by atoms with E-state index in [0.717, 1.165) is 0 Å². The molecule has 7 nitrogen and oxygen atoms in total. The molecule has 0 saturated heterocycles. The molecule has 21 heavy (non-hydrogen) atoms. The van der Waals surface area contributed by atoms with E-state index in [9.17, 15) is 4.79 Å². The number of aromatic nitrogens is 3. The van der Waals surface area contributed by atoms with Crippen LogP contribution in [0.25, 0.3) is 5.65 Å². The zero-order valence-electron chi connectivity index (χ0n) is 12.1. The van der Waals surface area contributed by atoms with Gasteiger partial charge in [0.25, 0.3) is 0 Å². The second-order valence-electron chi connectivity index (χ2n) is 5.39. The van der Waals surface area contributed by atoms with E-state index in [1.807, 2.05) is 6.07 Å². The number of halogens is 1. The van der Waals surface area contributed by atoms with Crippen LogP contribution in [-0.4, -0.2) is 26.3 Å². The summed E-state index contributed by atoms with van der Waals surface area (Å²) >= 11 is 3.36. The topological polar surface area (TPSA) is 92.3 Å². The van der Waals surface area contributed by atoms with Gasteiger partial charge in [-0.25, -0.2) is 9.78 Å². The Morgan fingerprint density at radius 1 is 1.52 bits per heavy atom. The molecule has 0 aliphatic carbocycles. The van der Waals surface area contributed by atoms with Crippen LogP contribution in [0.3, 0.4) is 0 Å². The monoisotopic (exact) mass is 351 g/mol. The van der Waals surface area contributed by atoms with Crippen LogP contribution >= 0.6 is 15.9 Å². The van der Waals surface area contributed by atoms with Crippen molar-refractivity contribution in [2.75, 3.05) is 5.32 Å². The quantitative estimate of drug-likeness (QED) is 0.852. The lowest BCUT2D eigenvalue weighted by Crippen LogP contribution is -2.28. The fourth-order valence-corrected chi connectivity index (χ4v) is 2.03. The fourth-order valence-electron chi connectivity index (χ4n) is 1.67. The van der Waals surface area contributed by atoms with E-state index in [2.05, 4.69) is 31.3 Å². The molecule has 0 saturated carbocycles. The molecule has 8 heteroatoms. The van der Waals surface area contributed by atoms with Gasteiger partial charge in [-0.2, -0.15) is 14.9 Å². The highest BCUT2D eigenvalue weighted by Crippen LogP contribution is 2.27. The first-order valence-electron chi connectivity index (χ1n) is 6.17. The Hall–Kier alpha value is -2.14. The minimum absolute atomic E-state index is 0.331. The molecule has 1 N–H and O–H groups in total. The lowest BCUT2D eigenvalue weighted by molar-refractivity contribution is 0.0635. The van der Waals surface area contributed by atoms with E-state index in [4.69, 9.17) is 10.00 Å². The standard InChI is InChI=1S/C13H14BrN5O2/c1-7-9(14)11(18-12(20)21-13(2,3)4)19-10(17-7)8(5-15)6-16-19/h6H,1-4H3,(H,18,20). The van der Waals surface area contributed by atoms with E-state index in [1.165, 1.54) is 10.7 Å². The molecule has 0 unspecified atom stereocenters. The van der Waals surface area contributed by atoms with Gasteiger partial charge in [0, 0.05) is 0 Å². The van der Waals surface area contributed by atoms with Crippen LogP contribution in [0.2, 0.25) is 0 Å². The van der Waals surface area contributed by atoms with E-state index < -0.39 is 11.7 Å². The molecular formula is C13H14BrN5O2. The van der Waals surface area contributed by atoms with Crippen molar-refractivity contribution < 1.29 is 9.53 Å². The summed E-state index contributed by atoms with van der Waals surface area (Å²) in [5.41, 5.74) is 0.729. The Balaban J connectivity index is 2.48. The lowest BCUT2D eigenvalue weighted by atomic mass is 10.2. The van der Waals surface area contributed by atoms with E-state index in [1.54, 1.807) is 27.7 Å². The van der Waals surface area contributed by atoms with Gasteiger partial charge in [-0.1, -0.05) is 0 Å². The first-order valence-corrected chi connectivity index (χ1v) is 6.96. The predicted molar refractivity (Wildman–Crippen MR) is 80.0 cm³/mol. The number of nitriles is 1. The van der Waals surface area contributed by atoms with Gasteiger partial charge in [0.15, 0.2) is 11.5 Å². The average Bonchev–Trinajstić information content (AvgIpc) is 2.75. The molecule has 0 spiro atoms. The first kappa shape index (κ1) is 15.3. The highest BCUT2D eigenvalue weighted by atomic mass is 79.9. The number of hydrogen-bond donors (Lipinski definition) is 1. The summed E-state index contributed by atoms with van der Waals surface area (Å²) in [7, 11) is 0. The number of nitrogens with one attached hydrogen (secondary N) is 1. The van der Waals surface area contributed by atoms with Gasteiger partial charge in [-0.05, 0) is 43.6 Å². The maximum absolute atomic E-state index is 11.9. The number of ether oxygens (including phenoxy) is 1. The SMILES string of the molecule is Cc1nc2c(C#N)cnn2c(NC(=O)OC(C)(C)C)c1Br. The summed E-state index contributed by atoms with van der Waals surface area (Å²) in [6, 6.07) is 2.01. The number of rotatable bonds is 1. The molecule has 110 valence electrons.